The number of anilines is 1. The van der Waals surface area contributed by atoms with Crippen molar-refractivity contribution in [3.05, 3.63) is 47.5 Å². The zero-order chi connectivity index (χ0) is 22.4. The Labute approximate surface area is 183 Å². The molecule has 3 rings (SSSR count). The summed E-state index contributed by atoms with van der Waals surface area (Å²) in [6, 6.07) is 10.5. The first-order valence-corrected chi connectivity index (χ1v) is 12.1. The number of fused-ring (bicyclic) bond motifs is 1. The summed E-state index contributed by atoms with van der Waals surface area (Å²) in [5, 5.41) is 23.3. The van der Waals surface area contributed by atoms with E-state index in [1.165, 1.54) is 29.3 Å². The Morgan fingerprint density at radius 3 is 2.68 bits per heavy atom. The summed E-state index contributed by atoms with van der Waals surface area (Å²) in [5.74, 6) is 1.55. The number of aliphatic hydroxyl groups is 1. The minimum Gasteiger partial charge on any atom is -0.506 e. The topological polar surface area (TPSA) is 117 Å². The number of nitrogens with one attached hydrogen (secondary N) is 2. The number of aromatic hydroxyl groups is 1. The van der Waals surface area contributed by atoms with Gasteiger partial charge in [0.2, 0.25) is 10.0 Å². The monoisotopic (exact) mass is 450 g/mol. The van der Waals surface area contributed by atoms with Crippen LogP contribution in [0.15, 0.2) is 36.4 Å². The summed E-state index contributed by atoms with van der Waals surface area (Å²) in [7, 11) is -1.84. The summed E-state index contributed by atoms with van der Waals surface area (Å²) in [6.45, 7) is 1.24. The van der Waals surface area contributed by atoms with Gasteiger partial charge in [-0.15, -0.1) is 0 Å². The second-order valence-electron chi connectivity index (χ2n) is 7.92. The van der Waals surface area contributed by atoms with E-state index in [2.05, 4.69) is 22.2 Å². The zero-order valence-corrected chi connectivity index (χ0v) is 18.6. The van der Waals surface area contributed by atoms with Crippen molar-refractivity contribution in [3.63, 3.8) is 0 Å². The van der Waals surface area contributed by atoms with Crippen LogP contribution in [0.3, 0.4) is 0 Å². The Bertz CT molecular complexity index is 995. The molecule has 0 spiro atoms. The maximum absolute atomic E-state index is 11.4. The van der Waals surface area contributed by atoms with Crippen LogP contribution in [0.25, 0.3) is 0 Å². The number of phenols is 1. The second kappa shape index (κ2) is 10.2. The molecule has 0 amide bonds. The minimum absolute atomic E-state index is 0.0304. The maximum Gasteiger partial charge on any atom is 0.229 e. The van der Waals surface area contributed by atoms with Crippen molar-refractivity contribution >= 4 is 15.7 Å². The van der Waals surface area contributed by atoms with E-state index in [1.54, 1.807) is 7.11 Å². The quantitative estimate of drug-likeness (QED) is 0.409. The van der Waals surface area contributed by atoms with Gasteiger partial charge in [-0.2, -0.15) is 0 Å². The summed E-state index contributed by atoms with van der Waals surface area (Å²) in [4.78, 5) is 0. The first-order valence-electron chi connectivity index (χ1n) is 10.2. The van der Waals surface area contributed by atoms with Gasteiger partial charge < -0.3 is 25.0 Å². The standard InChI is InChI=1S/C22H30N2O6S/c1-29-19-6-5-16-9-15(3-4-17(16)10-19)12-23-13-18(25)14-30-20-7-8-22(26)21(11-20)24-31(2,27)28/h5-8,10-11,15,18,23-26H,3-4,9,12-14H2,1-2H3/t15?,18-/m1/s1. The molecule has 2 aromatic rings. The fraction of sp³-hybridized carbons (Fsp3) is 0.455. The molecule has 0 bridgehead atoms. The number of methoxy groups -OCH3 is 1. The van der Waals surface area contributed by atoms with Gasteiger partial charge in [0.25, 0.3) is 0 Å². The number of rotatable bonds is 10. The largest absolute Gasteiger partial charge is 0.506 e. The maximum atomic E-state index is 11.4. The number of aryl methyl sites for hydroxylation is 1. The van der Waals surface area contributed by atoms with E-state index in [0.29, 0.717) is 18.2 Å². The van der Waals surface area contributed by atoms with Crippen LogP contribution in [0.5, 0.6) is 17.2 Å². The average molecular weight is 451 g/mol. The summed E-state index contributed by atoms with van der Waals surface area (Å²) in [6.07, 6.45) is 3.39. The van der Waals surface area contributed by atoms with E-state index in [9.17, 15) is 18.6 Å². The Kier molecular flexibility index (Phi) is 7.64. The van der Waals surface area contributed by atoms with Crippen LogP contribution < -0.4 is 19.5 Å². The lowest BCUT2D eigenvalue weighted by atomic mass is 9.84. The van der Waals surface area contributed by atoms with Crippen LogP contribution in [0, 0.1) is 5.92 Å². The first kappa shape index (κ1) is 23.2. The van der Waals surface area contributed by atoms with Gasteiger partial charge in [0, 0.05) is 12.6 Å². The zero-order valence-electron chi connectivity index (χ0n) is 17.8. The summed E-state index contributed by atoms with van der Waals surface area (Å²) >= 11 is 0. The molecule has 2 aromatic carbocycles. The van der Waals surface area contributed by atoms with E-state index >= 15 is 0 Å². The minimum atomic E-state index is -3.52. The lowest BCUT2D eigenvalue weighted by Gasteiger charge is -2.25. The highest BCUT2D eigenvalue weighted by atomic mass is 32.2. The van der Waals surface area contributed by atoms with Gasteiger partial charge in [-0.25, -0.2) is 8.42 Å². The molecule has 0 aliphatic heterocycles. The smallest absolute Gasteiger partial charge is 0.229 e. The number of aliphatic hydroxyl groups excluding tert-OH is 1. The van der Waals surface area contributed by atoms with Crippen LogP contribution in [-0.4, -0.2) is 57.8 Å². The van der Waals surface area contributed by atoms with E-state index in [-0.39, 0.29) is 18.0 Å². The third-order valence-electron chi connectivity index (χ3n) is 5.26. The highest BCUT2D eigenvalue weighted by molar-refractivity contribution is 7.92. The Morgan fingerprint density at radius 1 is 1.16 bits per heavy atom. The van der Waals surface area contributed by atoms with Gasteiger partial charge in [0.1, 0.15) is 30.0 Å². The molecule has 0 radical (unpaired) electrons. The molecule has 1 unspecified atom stereocenters. The van der Waals surface area contributed by atoms with Gasteiger partial charge in [0.15, 0.2) is 0 Å². The Balaban J connectivity index is 1.42. The molecular weight excluding hydrogens is 420 g/mol. The highest BCUT2D eigenvalue weighted by Crippen LogP contribution is 2.29. The molecular formula is C22H30N2O6S. The number of benzene rings is 2. The number of hydrogen-bond donors (Lipinski definition) is 4. The molecule has 4 N–H and O–H groups in total. The summed E-state index contributed by atoms with van der Waals surface area (Å²) in [5.41, 5.74) is 2.74. The van der Waals surface area contributed by atoms with Crippen molar-refractivity contribution in [2.75, 3.05) is 37.8 Å². The molecule has 0 fully saturated rings. The third kappa shape index (κ3) is 7.02. The fourth-order valence-electron chi connectivity index (χ4n) is 3.70. The molecule has 170 valence electrons. The predicted octanol–water partition coefficient (Wildman–Crippen LogP) is 1.91. The van der Waals surface area contributed by atoms with Gasteiger partial charge in [-0.3, -0.25) is 4.72 Å². The van der Waals surface area contributed by atoms with Crippen molar-refractivity contribution in [1.29, 1.82) is 0 Å². The Morgan fingerprint density at radius 2 is 1.94 bits per heavy atom. The molecule has 0 saturated carbocycles. The fourth-order valence-corrected chi connectivity index (χ4v) is 4.26. The van der Waals surface area contributed by atoms with Crippen LogP contribution in [0.1, 0.15) is 17.5 Å². The SMILES string of the molecule is COc1ccc2c(c1)CCC(CNC[C@@H](O)COc1ccc(O)c(NS(C)(=O)=O)c1)C2. The van der Waals surface area contributed by atoms with Gasteiger partial charge in [-0.05, 0) is 67.1 Å². The Hall–Kier alpha value is -2.49. The molecule has 2 atom stereocenters. The van der Waals surface area contributed by atoms with Crippen LogP contribution in [-0.2, 0) is 22.9 Å². The molecule has 0 heterocycles. The normalized spacial score (nSPS) is 16.9. The second-order valence-corrected chi connectivity index (χ2v) is 9.67. The van der Waals surface area contributed by atoms with Gasteiger partial charge >= 0.3 is 0 Å². The molecule has 8 nitrogen and oxygen atoms in total. The molecule has 0 aromatic heterocycles. The predicted molar refractivity (Wildman–Crippen MR) is 119 cm³/mol. The lowest BCUT2D eigenvalue weighted by molar-refractivity contribution is 0.105. The van der Waals surface area contributed by atoms with Gasteiger partial charge in [0.05, 0.1) is 19.1 Å². The van der Waals surface area contributed by atoms with Crippen molar-refractivity contribution in [3.8, 4) is 17.2 Å². The van der Waals surface area contributed by atoms with E-state index < -0.39 is 16.1 Å². The molecule has 1 aliphatic rings. The first-order chi connectivity index (χ1) is 14.7. The van der Waals surface area contributed by atoms with Crippen LogP contribution >= 0.6 is 0 Å². The molecule has 9 heteroatoms. The van der Waals surface area contributed by atoms with Crippen molar-refractivity contribution < 1.29 is 28.1 Å². The van der Waals surface area contributed by atoms with Crippen molar-refractivity contribution in [2.45, 2.75) is 25.4 Å². The number of phenolic OH excluding ortho intramolecular Hbond substituents is 1. The number of ether oxygens (including phenoxy) is 2. The van der Waals surface area contributed by atoms with Crippen LogP contribution in [0.2, 0.25) is 0 Å². The van der Waals surface area contributed by atoms with Crippen LogP contribution in [0.4, 0.5) is 5.69 Å². The molecule has 1 aliphatic carbocycles. The molecule has 0 saturated heterocycles. The van der Waals surface area contributed by atoms with E-state index in [4.69, 9.17) is 9.47 Å². The van der Waals surface area contributed by atoms with Gasteiger partial charge in [-0.1, -0.05) is 6.07 Å². The molecule has 31 heavy (non-hydrogen) atoms. The van der Waals surface area contributed by atoms with Crippen molar-refractivity contribution in [2.24, 2.45) is 5.92 Å². The van der Waals surface area contributed by atoms with Crippen molar-refractivity contribution in [1.82, 2.24) is 5.32 Å². The lowest BCUT2D eigenvalue weighted by Crippen LogP contribution is -2.35. The number of hydrogen-bond acceptors (Lipinski definition) is 7. The third-order valence-corrected chi connectivity index (χ3v) is 5.85. The average Bonchev–Trinajstić information content (AvgIpc) is 2.73. The number of sulfonamides is 1. The summed E-state index contributed by atoms with van der Waals surface area (Å²) < 4.78 is 35.8. The highest BCUT2D eigenvalue weighted by Gasteiger charge is 2.19. The van der Waals surface area contributed by atoms with E-state index in [0.717, 1.165) is 37.8 Å². The van der Waals surface area contributed by atoms with E-state index in [1.807, 2.05) is 6.07 Å².